The lowest BCUT2D eigenvalue weighted by atomic mass is 9.80. The number of carboxylic acid groups (broad SMARTS) is 1. The molecule has 0 aliphatic heterocycles. The molecule has 0 aliphatic carbocycles. The lowest BCUT2D eigenvalue weighted by Crippen LogP contribution is -2.19. The van der Waals surface area contributed by atoms with Crippen LogP contribution in [0.5, 0.6) is 5.75 Å². The van der Waals surface area contributed by atoms with E-state index in [1.165, 1.54) is 0 Å². The molecular weight excluding hydrogens is 376 g/mol. The summed E-state index contributed by atoms with van der Waals surface area (Å²) in [5.74, 6) is -0.805. The van der Waals surface area contributed by atoms with Crippen molar-refractivity contribution in [3.8, 4) is 5.75 Å². The van der Waals surface area contributed by atoms with Crippen molar-refractivity contribution >= 4 is 15.8 Å². The zero-order valence-electron chi connectivity index (χ0n) is 17.8. The van der Waals surface area contributed by atoms with Crippen LogP contribution in [0.25, 0.3) is 0 Å². The molecule has 0 saturated heterocycles. The van der Waals surface area contributed by atoms with Crippen LogP contribution in [0.3, 0.4) is 0 Å². The summed E-state index contributed by atoms with van der Waals surface area (Å²) in [6.07, 6.45) is 6.12. The zero-order chi connectivity index (χ0) is 21.2. The van der Waals surface area contributed by atoms with Crippen molar-refractivity contribution < 1.29 is 23.1 Å². The van der Waals surface area contributed by atoms with Crippen LogP contribution in [-0.4, -0.2) is 31.9 Å². The van der Waals surface area contributed by atoms with E-state index in [9.17, 15) is 13.2 Å². The number of hydrogen-bond acceptors (Lipinski definition) is 4. The molecule has 1 aromatic carbocycles. The molecule has 0 amide bonds. The average molecular weight is 413 g/mol. The van der Waals surface area contributed by atoms with Gasteiger partial charge >= 0.3 is 5.97 Å². The van der Waals surface area contributed by atoms with Crippen LogP contribution < -0.4 is 4.74 Å². The van der Waals surface area contributed by atoms with Crippen molar-refractivity contribution in [1.82, 2.24) is 0 Å². The molecule has 0 heterocycles. The van der Waals surface area contributed by atoms with Crippen LogP contribution in [0.15, 0.2) is 23.1 Å². The number of carboxylic acids is 1. The van der Waals surface area contributed by atoms with Crippen molar-refractivity contribution in [2.24, 2.45) is 0 Å². The Labute approximate surface area is 170 Å². The van der Waals surface area contributed by atoms with E-state index in [0.29, 0.717) is 12.4 Å². The van der Waals surface area contributed by atoms with Gasteiger partial charge in [-0.25, -0.2) is 8.42 Å². The van der Waals surface area contributed by atoms with Gasteiger partial charge < -0.3 is 9.84 Å². The Morgan fingerprint density at radius 3 is 2.36 bits per heavy atom. The second-order valence-corrected chi connectivity index (χ2v) is 10.1. The highest BCUT2D eigenvalue weighted by Crippen LogP contribution is 2.35. The summed E-state index contributed by atoms with van der Waals surface area (Å²) < 4.78 is 31.6. The summed E-state index contributed by atoms with van der Waals surface area (Å²) >= 11 is 0. The number of rotatable bonds is 14. The second kappa shape index (κ2) is 11.4. The quantitative estimate of drug-likeness (QED) is 0.416. The van der Waals surface area contributed by atoms with Gasteiger partial charge in [0, 0.05) is 6.42 Å². The molecule has 0 bridgehead atoms. The first-order chi connectivity index (χ1) is 13.1. The van der Waals surface area contributed by atoms with Gasteiger partial charge in [-0.15, -0.1) is 0 Å². The molecule has 1 rings (SSSR count). The van der Waals surface area contributed by atoms with Crippen molar-refractivity contribution in [3.05, 3.63) is 23.8 Å². The molecule has 0 radical (unpaired) electrons. The van der Waals surface area contributed by atoms with Crippen molar-refractivity contribution in [2.45, 2.75) is 89.4 Å². The molecule has 160 valence electrons. The lowest BCUT2D eigenvalue weighted by molar-refractivity contribution is -0.137. The van der Waals surface area contributed by atoms with Crippen LogP contribution in [0.4, 0.5) is 0 Å². The molecule has 28 heavy (non-hydrogen) atoms. The molecule has 0 saturated carbocycles. The van der Waals surface area contributed by atoms with E-state index in [1.807, 2.05) is 6.07 Å². The molecule has 5 nitrogen and oxygen atoms in total. The Bertz CT molecular complexity index is 722. The predicted octanol–water partition coefficient (Wildman–Crippen LogP) is 5.36. The number of carbonyl (C=O) groups is 1. The van der Waals surface area contributed by atoms with Gasteiger partial charge in [-0.1, -0.05) is 59.4 Å². The third kappa shape index (κ3) is 7.82. The molecule has 0 fully saturated rings. The first-order valence-electron chi connectivity index (χ1n) is 10.4. The summed E-state index contributed by atoms with van der Waals surface area (Å²) in [6.45, 7) is 8.95. The predicted molar refractivity (Wildman–Crippen MR) is 113 cm³/mol. The molecule has 1 N–H and O–H groups in total. The van der Waals surface area contributed by atoms with E-state index in [-0.39, 0.29) is 28.9 Å². The maximum Gasteiger partial charge on any atom is 0.303 e. The lowest BCUT2D eigenvalue weighted by Gasteiger charge is -2.26. The highest BCUT2D eigenvalue weighted by molar-refractivity contribution is 7.91. The monoisotopic (exact) mass is 412 g/mol. The smallest absolute Gasteiger partial charge is 0.303 e. The number of sulfone groups is 1. The van der Waals surface area contributed by atoms with E-state index >= 15 is 0 Å². The number of ether oxygens (including phenoxy) is 1. The Kier molecular flexibility index (Phi) is 10.0. The first kappa shape index (κ1) is 24.5. The van der Waals surface area contributed by atoms with E-state index < -0.39 is 15.8 Å². The average Bonchev–Trinajstić information content (AvgIpc) is 2.61. The fourth-order valence-corrected chi connectivity index (χ4v) is 4.59. The number of unbranched alkanes of at least 4 members (excludes halogenated alkanes) is 3. The largest absolute Gasteiger partial charge is 0.492 e. The van der Waals surface area contributed by atoms with Crippen molar-refractivity contribution in [1.29, 1.82) is 0 Å². The number of hydrogen-bond donors (Lipinski definition) is 1. The van der Waals surface area contributed by atoms with Gasteiger partial charge in [-0.3, -0.25) is 4.79 Å². The van der Waals surface area contributed by atoms with Gasteiger partial charge in [0.2, 0.25) is 0 Å². The van der Waals surface area contributed by atoms with Gasteiger partial charge in [0.15, 0.2) is 9.84 Å². The minimum atomic E-state index is -3.62. The van der Waals surface area contributed by atoms with Gasteiger partial charge in [0.05, 0.1) is 12.4 Å². The summed E-state index contributed by atoms with van der Waals surface area (Å²) in [6, 6.07) is 5.46. The molecule has 6 heteroatoms. The van der Waals surface area contributed by atoms with Gasteiger partial charge in [-0.05, 0) is 42.4 Å². The Morgan fingerprint density at radius 1 is 1.07 bits per heavy atom. The van der Waals surface area contributed by atoms with E-state index in [4.69, 9.17) is 9.84 Å². The van der Waals surface area contributed by atoms with Gasteiger partial charge in [0.1, 0.15) is 10.6 Å². The summed E-state index contributed by atoms with van der Waals surface area (Å²) in [4.78, 5) is 10.9. The maximum absolute atomic E-state index is 12.9. The summed E-state index contributed by atoms with van der Waals surface area (Å²) in [7, 11) is -3.62. The topological polar surface area (TPSA) is 80.7 Å². The summed E-state index contributed by atoms with van der Waals surface area (Å²) in [5, 5.41) is 8.81. The Hall–Kier alpha value is -1.56. The normalized spacial score (nSPS) is 12.1. The fourth-order valence-electron chi connectivity index (χ4n) is 3.10. The van der Waals surface area contributed by atoms with Crippen LogP contribution >= 0.6 is 0 Å². The number of benzene rings is 1. The Morgan fingerprint density at radius 2 is 1.75 bits per heavy atom. The first-order valence-corrected chi connectivity index (χ1v) is 12.0. The summed E-state index contributed by atoms with van der Waals surface area (Å²) in [5.41, 5.74) is 0.839. The molecule has 0 aliphatic rings. The standard InChI is InChI=1S/C22H36O5S/c1-5-7-9-14-22(3,4)18-12-13-19(27-15-8-6-2)20(17-18)28(25,26)16-10-11-21(23)24/h12-13,17H,5-11,14-16H2,1-4H3,(H,23,24). The van der Waals surface area contributed by atoms with Crippen molar-refractivity contribution in [2.75, 3.05) is 12.4 Å². The minimum Gasteiger partial charge on any atom is -0.492 e. The van der Waals surface area contributed by atoms with Gasteiger partial charge in [0.25, 0.3) is 0 Å². The maximum atomic E-state index is 12.9. The Balaban J connectivity index is 3.17. The van der Waals surface area contributed by atoms with Crippen LogP contribution in [0, 0.1) is 0 Å². The minimum absolute atomic E-state index is 0.0934. The second-order valence-electron chi connectivity index (χ2n) is 8.02. The third-order valence-electron chi connectivity index (χ3n) is 5.02. The van der Waals surface area contributed by atoms with Crippen LogP contribution in [0.2, 0.25) is 0 Å². The molecule has 1 aromatic rings. The molecule has 0 aromatic heterocycles. The molecule has 0 spiro atoms. The van der Waals surface area contributed by atoms with Crippen LogP contribution in [0.1, 0.15) is 84.6 Å². The number of aliphatic carboxylic acids is 1. The third-order valence-corrected chi connectivity index (χ3v) is 6.84. The van der Waals surface area contributed by atoms with Crippen LogP contribution in [-0.2, 0) is 20.0 Å². The van der Waals surface area contributed by atoms with Gasteiger partial charge in [-0.2, -0.15) is 0 Å². The van der Waals surface area contributed by atoms with E-state index in [2.05, 4.69) is 27.7 Å². The highest BCUT2D eigenvalue weighted by atomic mass is 32.2. The van der Waals surface area contributed by atoms with Crippen molar-refractivity contribution in [3.63, 3.8) is 0 Å². The molecule has 0 unspecified atom stereocenters. The zero-order valence-corrected chi connectivity index (χ0v) is 18.6. The molecular formula is C22H36O5S. The fraction of sp³-hybridized carbons (Fsp3) is 0.682. The van der Waals surface area contributed by atoms with E-state index in [0.717, 1.165) is 44.1 Å². The highest BCUT2D eigenvalue weighted by Gasteiger charge is 2.26. The van der Waals surface area contributed by atoms with E-state index in [1.54, 1.807) is 12.1 Å². The SMILES string of the molecule is CCCCCC(C)(C)c1ccc(OCCCC)c(S(=O)(=O)CCCC(=O)O)c1. The molecule has 0 atom stereocenters.